The van der Waals surface area contributed by atoms with Crippen molar-refractivity contribution in [3.63, 3.8) is 0 Å². The van der Waals surface area contributed by atoms with Crippen molar-refractivity contribution in [1.29, 1.82) is 0 Å². The largest absolute Gasteiger partial charge is 0.490 e. The van der Waals surface area contributed by atoms with E-state index in [1.165, 1.54) is 5.56 Å². The molecule has 0 bridgehead atoms. The Morgan fingerprint density at radius 3 is 1.93 bits per heavy atom. The Bertz CT molecular complexity index is 915. The summed E-state index contributed by atoms with van der Waals surface area (Å²) in [5.74, 6) is -1.75. The monoisotopic (exact) mass is 393 g/mol. The van der Waals surface area contributed by atoms with Crippen LogP contribution in [0.3, 0.4) is 0 Å². The average Bonchev–Trinajstić information content (AvgIpc) is 3.12. The minimum absolute atomic E-state index is 0.133. The SMILES string of the molecule is CC(C)(C)c1ccc(-c2nnc(-c3cccnc3)o2)cc1.O=C(O)C(F)(F)F. The molecule has 28 heavy (non-hydrogen) atoms. The van der Waals surface area contributed by atoms with Gasteiger partial charge in [-0.15, -0.1) is 10.2 Å². The number of halogens is 3. The van der Waals surface area contributed by atoms with Gasteiger partial charge in [-0.3, -0.25) is 4.98 Å². The van der Waals surface area contributed by atoms with E-state index in [-0.39, 0.29) is 5.41 Å². The molecule has 9 heteroatoms. The highest BCUT2D eigenvalue weighted by Gasteiger charge is 2.38. The number of hydrogen-bond acceptors (Lipinski definition) is 5. The number of nitrogens with zero attached hydrogens (tertiary/aromatic N) is 3. The van der Waals surface area contributed by atoms with Crippen molar-refractivity contribution in [2.45, 2.75) is 32.4 Å². The van der Waals surface area contributed by atoms with E-state index in [1.807, 2.05) is 24.3 Å². The smallest absolute Gasteiger partial charge is 0.475 e. The van der Waals surface area contributed by atoms with Gasteiger partial charge >= 0.3 is 12.1 Å². The lowest BCUT2D eigenvalue weighted by molar-refractivity contribution is -0.192. The van der Waals surface area contributed by atoms with Gasteiger partial charge in [0.05, 0.1) is 5.56 Å². The number of carboxylic acid groups (broad SMARTS) is 1. The normalized spacial score (nSPS) is 11.5. The summed E-state index contributed by atoms with van der Waals surface area (Å²) >= 11 is 0. The Labute approximate surface area is 159 Å². The van der Waals surface area contributed by atoms with Crippen LogP contribution >= 0.6 is 0 Å². The quantitative estimate of drug-likeness (QED) is 0.677. The summed E-state index contributed by atoms with van der Waals surface area (Å²) in [6.07, 6.45) is -1.66. The van der Waals surface area contributed by atoms with E-state index in [9.17, 15) is 13.2 Å². The molecule has 6 nitrogen and oxygen atoms in total. The molecule has 1 aromatic carbocycles. The number of carboxylic acids is 1. The van der Waals surface area contributed by atoms with Crippen LogP contribution in [-0.2, 0) is 10.2 Å². The molecular weight excluding hydrogens is 375 g/mol. The number of aromatic nitrogens is 3. The van der Waals surface area contributed by atoms with Crippen molar-refractivity contribution in [3.05, 3.63) is 54.4 Å². The van der Waals surface area contributed by atoms with E-state index in [1.54, 1.807) is 12.4 Å². The summed E-state index contributed by atoms with van der Waals surface area (Å²) in [5, 5.41) is 15.3. The summed E-state index contributed by atoms with van der Waals surface area (Å²) in [7, 11) is 0. The molecule has 0 aliphatic heterocycles. The van der Waals surface area contributed by atoms with Gasteiger partial charge in [0, 0.05) is 18.0 Å². The summed E-state index contributed by atoms with van der Waals surface area (Å²) in [5.41, 5.74) is 3.15. The zero-order chi connectivity index (χ0) is 20.9. The van der Waals surface area contributed by atoms with Crippen LogP contribution in [0.15, 0.2) is 53.2 Å². The van der Waals surface area contributed by atoms with Crippen LogP contribution in [0.4, 0.5) is 13.2 Å². The van der Waals surface area contributed by atoms with Gasteiger partial charge in [-0.05, 0) is 35.2 Å². The van der Waals surface area contributed by atoms with E-state index < -0.39 is 12.1 Å². The molecule has 0 saturated carbocycles. The first-order chi connectivity index (χ1) is 13.0. The maximum Gasteiger partial charge on any atom is 0.490 e. The van der Waals surface area contributed by atoms with Crippen LogP contribution in [0.25, 0.3) is 22.9 Å². The Morgan fingerprint density at radius 2 is 1.50 bits per heavy atom. The third-order valence-corrected chi connectivity index (χ3v) is 3.57. The van der Waals surface area contributed by atoms with Gasteiger partial charge in [-0.1, -0.05) is 32.9 Å². The van der Waals surface area contributed by atoms with Crippen LogP contribution < -0.4 is 0 Å². The molecule has 148 valence electrons. The fourth-order valence-electron chi connectivity index (χ4n) is 2.06. The zero-order valence-electron chi connectivity index (χ0n) is 15.4. The first kappa shape index (κ1) is 21.1. The van der Waals surface area contributed by atoms with Gasteiger partial charge in [0.25, 0.3) is 0 Å². The minimum atomic E-state index is -5.08. The van der Waals surface area contributed by atoms with E-state index in [2.05, 4.69) is 48.1 Å². The fraction of sp³-hybridized carbons (Fsp3) is 0.263. The summed E-state index contributed by atoms with van der Waals surface area (Å²) in [6.45, 7) is 6.57. The van der Waals surface area contributed by atoms with Gasteiger partial charge in [-0.2, -0.15) is 13.2 Å². The third kappa shape index (κ3) is 5.63. The number of rotatable bonds is 2. The molecule has 0 atom stereocenters. The summed E-state index contributed by atoms with van der Waals surface area (Å²) < 4.78 is 37.5. The second-order valence-corrected chi connectivity index (χ2v) is 6.78. The predicted molar refractivity (Wildman–Crippen MR) is 95.4 cm³/mol. The lowest BCUT2D eigenvalue weighted by Crippen LogP contribution is -2.21. The maximum atomic E-state index is 10.6. The average molecular weight is 393 g/mol. The molecular formula is C19H18F3N3O3. The highest BCUT2D eigenvalue weighted by Crippen LogP contribution is 2.27. The number of aliphatic carboxylic acids is 1. The Balaban J connectivity index is 0.000000345. The molecule has 0 amide bonds. The van der Waals surface area contributed by atoms with Crippen molar-refractivity contribution in [3.8, 4) is 22.9 Å². The molecule has 0 saturated heterocycles. The number of benzene rings is 1. The first-order valence-corrected chi connectivity index (χ1v) is 8.13. The van der Waals surface area contributed by atoms with Crippen LogP contribution in [0.2, 0.25) is 0 Å². The summed E-state index contributed by atoms with van der Waals surface area (Å²) in [4.78, 5) is 12.9. The highest BCUT2D eigenvalue weighted by molar-refractivity contribution is 5.73. The number of pyridine rings is 1. The second kappa shape index (κ2) is 8.20. The second-order valence-electron chi connectivity index (χ2n) is 6.78. The molecule has 0 radical (unpaired) electrons. The molecule has 1 N–H and O–H groups in total. The number of carbonyl (C=O) groups is 1. The van der Waals surface area contributed by atoms with Crippen molar-refractivity contribution in [1.82, 2.24) is 15.2 Å². The van der Waals surface area contributed by atoms with Crippen molar-refractivity contribution in [2.24, 2.45) is 0 Å². The van der Waals surface area contributed by atoms with Crippen molar-refractivity contribution < 1.29 is 27.5 Å². The lowest BCUT2D eigenvalue weighted by atomic mass is 9.87. The molecule has 2 heterocycles. The van der Waals surface area contributed by atoms with E-state index in [0.29, 0.717) is 11.8 Å². The standard InChI is InChI=1S/C17H17N3O.C2HF3O2/c1-17(2,3)14-8-6-12(7-9-14)15-19-20-16(21-15)13-5-4-10-18-11-13;3-2(4,5)1(6)7/h4-11H,1-3H3;(H,6,7). The van der Waals surface area contributed by atoms with Crippen molar-refractivity contribution >= 4 is 5.97 Å². The maximum absolute atomic E-state index is 10.6. The van der Waals surface area contributed by atoms with Crippen LogP contribution in [0, 0.1) is 0 Å². The number of alkyl halides is 3. The molecule has 0 spiro atoms. The minimum Gasteiger partial charge on any atom is -0.475 e. The number of hydrogen-bond donors (Lipinski definition) is 1. The molecule has 0 aliphatic rings. The van der Waals surface area contributed by atoms with Gasteiger partial charge < -0.3 is 9.52 Å². The van der Waals surface area contributed by atoms with E-state index in [0.717, 1.165) is 11.1 Å². The molecule has 3 aromatic rings. The van der Waals surface area contributed by atoms with Gasteiger partial charge in [0.2, 0.25) is 11.8 Å². The Kier molecular flexibility index (Phi) is 6.17. The van der Waals surface area contributed by atoms with Gasteiger partial charge in [0.1, 0.15) is 0 Å². The van der Waals surface area contributed by atoms with Gasteiger partial charge in [-0.25, -0.2) is 4.79 Å². The van der Waals surface area contributed by atoms with Gasteiger partial charge in [0.15, 0.2) is 0 Å². The van der Waals surface area contributed by atoms with Crippen LogP contribution in [0.5, 0.6) is 0 Å². The lowest BCUT2D eigenvalue weighted by Gasteiger charge is -2.18. The van der Waals surface area contributed by atoms with Crippen molar-refractivity contribution in [2.75, 3.05) is 0 Å². The first-order valence-electron chi connectivity index (χ1n) is 8.13. The molecule has 0 aliphatic carbocycles. The molecule has 2 aromatic heterocycles. The molecule has 3 rings (SSSR count). The van der Waals surface area contributed by atoms with E-state index in [4.69, 9.17) is 14.3 Å². The summed E-state index contributed by atoms with van der Waals surface area (Å²) in [6, 6.07) is 12.0. The highest BCUT2D eigenvalue weighted by atomic mass is 19.4. The van der Waals surface area contributed by atoms with Crippen LogP contribution in [-0.4, -0.2) is 32.4 Å². The predicted octanol–water partition coefficient (Wildman–Crippen LogP) is 4.73. The van der Waals surface area contributed by atoms with E-state index >= 15 is 0 Å². The Hall–Kier alpha value is -3.23. The Morgan fingerprint density at radius 1 is 0.964 bits per heavy atom. The molecule has 0 fully saturated rings. The zero-order valence-corrected chi connectivity index (χ0v) is 15.4. The third-order valence-electron chi connectivity index (χ3n) is 3.57. The van der Waals surface area contributed by atoms with Crippen LogP contribution in [0.1, 0.15) is 26.3 Å². The fourth-order valence-corrected chi connectivity index (χ4v) is 2.06. The topological polar surface area (TPSA) is 89.1 Å². The molecule has 0 unspecified atom stereocenters.